The van der Waals surface area contributed by atoms with Gasteiger partial charge < -0.3 is 14.6 Å². The van der Waals surface area contributed by atoms with Crippen LogP contribution < -0.4 is 9.47 Å². The molecule has 0 aliphatic rings. The van der Waals surface area contributed by atoms with E-state index in [1.807, 2.05) is 55.5 Å². The van der Waals surface area contributed by atoms with Gasteiger partial charge in [-0.3, -0.25) is 9.59 Å². The second-order valence-electron chi connectivity index (χ2n) is 7.37. The fourth-order valence-electron chi connectivity index (χ4n) is 3.50. The van der Waals surface area contributed by atoms with E-state index in [9.17, 15) is 9.59 Å². The van der Waals surface area contributed by atoms with Crippen LogP contribution in [0.4, 0.5) is 0 Å². The first-order chi connectivity index (χ1) is 15.0. The molecule has 3 aromatic carbocycles. The Morgan fingerprint density at radius 2 is 1.68 bits per heavy atom. The van der Waals surface area contributed by atoms with Crippen molar-refractivity contribution in [3.8, 4) is 11.5 Å². The maximum atomic E-state index is 13.3. The number of methoxy groups -OCH3 is 1. The molecule has 1 N–H and O–H groups in total. The molecule has 5 heteroatoms. The van der Waals surface area contributed by atoms with E-state index in [2.05, 4.69) is 0 Å². The van der Waals surface area contributed by atoms with Crippen LogP contribution in [0.5, 0.6) is 11.5 Å². The van der Waals surface area contributed by atoms with Crippen LogP contribution in [0.1, 0.15) is 45.8 Å². The summed E-state index contributed by atoms with van der Waals surface area (Å²) in [6.45, 7) is 2.30. The predicted molar refractivity (Wildman–Crippen MR) is 119 cm³/mol. The molecular formula is C26H26O5. The Labute approximate surface area is 182 Å². The second-order valence-corrected chi connectivity index (χ2v) is 7.37. The molecule has 0 saturated heterocycles. The Balaban J connectivity index is 1.78. The zero-order valence-corrected chi connectivity index (χ0v) is 17.7. The summed E-state index contributed by atoms with van der Waals surface area (Å²) in [4.78, 5) is 24.5. The SMILES string of the molecule is COc1ccc(COc2cccc(C(=O)[C@@H](CCC(=O)O)c3ccccc3C)c2)cc1. The minimum Gasteiger partial charge on any atom is -0.497 e. The molecule has 31 heavy (non-hydrogen) atoms. The topological polar surface area (TPSA) is 72.8 Å². The molecule has 0 aliphatic heterocycles. The lowest BCUT2D eigenvalue weighted by Crippen LogP contribution is -2.16. The number of benzene rings is 3. The standard InChI is InChI=1S/C26H26O5/c1-18-6-3-4-9-23(18)24(14-15-25(27)28)26(29)20-7-5-8-22(16-20)31-17-19-10-12-21(30-2)13-11-19/h3-13,16,24H,14-15,17H2,1-2H3,(H,27,28)/t24-/m0/s1. The lowest BCUT2D eigenvalue weighted by atomic mass is 9.85. The van der Waals surface area contributed by atoms with Crippen molar-refractivity contribution in [3.05, 3.63) is 95.1 Å². The minimum absolute atomic E-state index is 0.0710. The van der Waals surface area contributed by atoms with Crippen molar-refractivity contribution in [2.24, 2.45) is 0 Å². The van der Waals surface area contributed by atoms with E-state index in [0.717, 1.165) is 22.4 Å². The summed E-state index contributed by atoms with van der Waals surface area (Å²) in [5.41, 5.74) is 3.32. The number of aliphatic carboxylic acids is 1. The third kappa shape index (κ3) is 5.95. The Morgan fingerprint density at radius 3 is 2.35 bits per heavy atom. The van der Waals surface area contributed by atoms with Crippen molar-refractivity contribution in [2.75, 3.05) is 7.11 Å². The van der Waals surface area contributed by atoms with Gasteiger partial charge >= 0.3 is 5.97 Å². The molecule has 3 rings (SSSR count). The molecule has 1 atom stereocenters. The van der Waals surface area contributed by atoms with Gasteiger partial charge in [-0.15, -0.1) is 0 Å². The van der Waals surface area contributed by atoms with E-state index in [0.29, 0.717) is 17.9 Å². The van der Waals surface area contributed by atoms with Crippen LogP contribution in [-0.2, 0) is 11.4 Å². The largest absolute Gasteiger partial charge is 0.497 e. The number of ketones is 1. The monoisotopic (exact) mass is 418 g/mol. The number of hydrogen-bond donors (Lipinski definition) is 1. The molecule has 0 aromatic heterocycles. The third-order valence-corrected chi connectivity index (χ3v) is 5.21. The number of carbonyl (C=O) groups excluding carboxylic acids is 1. The first-order valence-corrected chi connectivity index (χ1v) is 10.1. The van der Waals surface area contributed by atoms with Crippen LogP contribution >= 0.6 is 0 Å². The van der Waals surface area contributed by atoms with E-state index in [1.54, 1.807) is 31.4 Å². The summed E-state index contributed by atoms with van der Waals surface area (Å²) in [5.74, 6) is -0.175. The highest BCUT2D eigenvalue weighted by atomic mass is 16.5. The Morgan fingerprint density at radius 1 is 0.935 bits per heavy atom. The third-order valence-electron chi connectivity index (χ3n) is 5.21. The van der Waals surface area contributed by atoms with Crippen molar-refractivity contribution >= 4 is 11.8 Å². The molecule has 160 valence electrons. The van der Waals surface area contributed by atoms with Crippen molar-refractivity contribution in [3.63, 3.8) is 0 Å². The van der Waals surface area contributed by atoms with Gasteiger partial charge in [0.25, 0.3) is 0 Å². The van der Waals surface area contributed by atoms with Gasteiger partial charge in [-0.25, -0.2) is 0 Å². The van der Waals surface area contributed by atoms with E-state index in [-0.39, 0.29) is 18.6 Å². The number of ether oxygens (including phenoxy) is 2. The fraction of sp³-hybridized carbons (Fsp3) is 0.231. The van der Waals surface area contributed by atoms with E-state index in [4.69, 9.17) is 14.6 Å². The number of aryl methyl sites for hydroxylation is 1. The van der Waals surface area contributed by atoms with Crippen molar-refractivity contribution in [2.45, 2.75) is 32.3 Å². The molecule has 0 unspecified atom stereocenters. The maximum absolute atomic E-state index is 13.3. The quantitative estimate of drug-likeness (QED) is 0.446. The number of Topliss-reactive ketones (excluding diaryl/α,β-unsaturated/α-hetero) is 1. The average molecular weight is 418 g/mol. The van der Waals surface area contributed by atoms with Gasteiger partial charge in [0.05, 0.1) is 7.11 Å². The van der Waals surface area contributed by atoms with Crippen LogP contribution in [0.3, 0.4) is 0 Å². The van der Waals surface area contributed by atoms with Crippen LogP contribution in [-0.4, -0.2) is 24.0 Å². The van der Waals surface area contributed by atoms with E-state index in [1.165, 1.54) is 0 Å². The number of rotatable bonds is 10. The summed E-state index contributed by atoms with van der Waals surface area (Å²) in [7, 11) is 1.62. The van der Waals surface area contributed by atoms with Gasteiger partial charge in [-0.05, 0) is 54.3 Å². The first-order valence-electron chi connectivity index (χ1n) is 10.1. The van der Waals surface area contributed by atoms with Gasteiger partial charge in [0.2, 0.25) is 0 Å². The fourth-order valence-corrected chi connectivity index (χ4v) is 3.50. The number of carboxylic acids is 1. The van der Waals surface area contributed by atoms with Crippen molar-refractivity contribution < 1.29 is 24.2 Å². The average Bonchev–Trinajstić information content (AvgIpc) is 2.79. The van der Waals surface area contributed by atoms with Crippen molar-refractivity contribution in [1.29, 1.82) is 0 Å². The smallest absolute Gasteiger partial charge is 0.303 e. The molecule has 0 bridgehead atoms. The molecule has 0 heterocycles. The highest BCUT2D eigenvalue weighted by molar-refractivity contribution is 6.01. The van der Waals surface area contributed by atoms with Crippen LogP contribution in [0.25, 0.3) is 0 Å². The number of hydrogen-bond acceptors (Lipinski definition) is 4. The number of carboxylic acid groups (broad SMARTS) is 1. The van der Waals surface area contributed by atoms with Crippen LogP contribution in [0.2, 0.25) is 0 Å². The van der Waals surface area contributed by atoms with Gasteiger partial charge in [0.1, 0.15) is 18.1 Å². The van der Waals surface area contributed by atoms with Gasteiger partial charge in [-0.2, -0.15) is 0 Å². The normalized spacial score (nSPS) is 11.5. The summed E-state index contributed by atoms with van der Waals surface area (Å²) in [6, 6.07) is 22.2. The van der Waals surface area contributed by atoms with E-state index < -0.39 is 11.9 Å². The summed E-state index contributed by atoms with van der Waals surface area (Å²) >= 11 is 0. The Kier molecular flexibility index (Phi) is 7.44. The Hall–Kier alpha value is -3.60. The predicted octanol–water partition coefficient (Wildman–Crippen LogP) is 5.41. The molecule has 0 radical (unpaired) electrons. The molecule has 0 aliphatic carbocycles. The summed E-state index contributed by atoms with van der Waals surface area (Å²) in [5, 5.41) is 9.15. The summed E-state index contributed by atoms with van der Waals surface area (Å²) < 4.78 is 11.0. The van der Waals surface area contributed by atoms with Crippen LogP contribution in [0.15, 0.2) is 72.8 Å². The molecule has 0 saturated carbocycles. The zero-order valence-electron chi connectivity index (χ0n) is 17.7. The molecule has 0 fully saturated rings. The Bertz CT molecular complexity index is 1040. The van der Waals surface area contributed by atoms with E-state index >= 15 is 0 Å². The van der Waals surface area contributed by atoms with Gasteiger partial charge in [-0.1, -0.05) is 48.5 Å². The lowest BCUT2D eigenvalue weighted by molar-refractivity contribution is -0.137. The lowest BCUT2D eigenvalue weighted by Gasteiger charge is -2.18. The first kappa shape index (κ1) is 22.1. The minimum atomic E-state index is -0.914. The zero-order chi connectivity index (χ0) is 22.2. The molecular weight excluding hydrogens is 392 g/mol. The highest BCUT2D eigenvalue weighted by Gasteiger charge is 2.24. The highest BCUT2D eigenvalue weighted by Crippen LogP contribution is 2.29. The molecule has 5 nitrogen and oxygen atoms in total. The molecule has 3 aromatic rings. The second kappa shape index (κ2) is 10.4. The van der Waals surface area contributed by atoms with Gasteiger partial charge in [0, 0.05) is 17.9 Å². The van der Waals surface area contributed by atoms with Crippen molar-refractivity contribution in [1.82, 2.24) is 0 Å². The van der Waals surface area contributed by atoms with Gasteiger partial charge in [0.15, 0.2) is 5.78 Å². The van der Waals surface area contributed by atoms with Crippen LogP contribution in [0, 0.1) is 6.92 Å². The summed E-state index contributed by atoms with van der Waals surface area (Å²) in [6.07, 6.45) is 0.175. The molecule has 0 amide bonds. The maximum Gasteiger partial charge on any atom is 0.303 e. The number of carbonyl (C=O) groups is 2. The molecule has 0 spiro atoms.